The first kappa shape index (κ1) is 17.1. The maximum atomic E-state index is 13.1. The highest BCUT2D eigenvalue weighted by Gasteiger charge is 2.40. The van der Waals surface area contributed by atoms with E-state index < -0.39 is 23.4 Å². The van der Waals surface area contributed by atoms with Crippen LogP contribution in [0.25, 0.3) is 0 Å². The molecule has 0 fully saturated rings. The van der Waals surface area contributed by atoms with E-state index in [1.165, 1.54) is 6.07 Å². The number of carbonyl (C=O) groups is 3. The number of primary amides is 1. The average Bonchev–Trinajstić information content (AvgIpc) is 2.67. The molecule has 0 saturated heterocycles. The van der Waals surface area contributed by atoms with Crippen molar-refractivity contribution in [3.63, 3.8) is 0 Å². The molecule has 27 heavy (non-hydrogen) atoms. The number of phenols is 2. The standard InChI is InChI=1S/C20H18N2O5/c1-22-12-4-2-3-10-13(12)19(26)15-14(17(10)24)18(25)11-7-8(20(21)27)5-6-9(11)16(15)23/h2-4,8,22-23,25H,5-7H2,1H3,(H2,21,27). The first-order valence-electron chi connectivity index (χ1n) is 8.65. The van der Waals surface area contributed by atoms with Crippen LogP contribution >= 0.6 is 0 Å². The van der Waals surface area contributed by atoms with Gasteiger partial charge in [-0.3, -0.25) is 14.4 Å². The van der Waals surface area contributed by atoms with Crippen molar-refractivity contribution in [2.45, 2.75) is 19.3 Å². The summed E-state index contributed by atoms with van der Waals surface area (Å²) in [6.45, 7) is 0. The average molecular weight is 366 g/mol. The van der Waals surface area contributed by atoms with Crippen LogP contribution in [0.15, 0.2) is 18.2 Å². The molecule has 0 spiro atoms. The van der Waals surface area contributed by atoms with E-state index in [1.54, 1.807) is 19.2 Å². The molecule has 1 atom stereocenters. The van der Waals surface area contributed by atoms with Gasteiger partial charge in [0.25, 0.3) is 0 Å². The lowest BCUT2D eigenvalue weighted by Crippen LogP contribution is -2.30. The minimum atomic E-state index is -0.534. The molecule has 0 saturated carbocycles. The number of phenolic OH excluding ortho intramolecular Hbond substituents is 2. The lowest BCUT2D eigenvalue weighted by atomic mass is 9.75. The summed E-state index contributed by atoms with van der Waals surface area (Å²) < 4.78 is 0. The number of amides is 1. The molecular weight excluding hydrogens is 348 g/mol. The van der Waals surface area contributed by atoms with Crippen LogP contribution in [-0.2, 0) is 17.6 Å². The first-order valence-corrected chi connectivity index (χ1v) is 8.65. The van der Waals surface area contributed by atoms with Crippen LogP contribution in [0, 0.1) is 5.92 Å². The van der Waals surface area contributed by atoms with Gasteiger partial charge in [-0.25, -0.2) is 0 Å². The largest absolute Gasteiger partial charge is 0.507 e. The third-order valence-electron chi connectivity index (χ3n) is 5.51. The van der Waals surface area contributed by atoms with Crippen molar-refractivity contribution in [3.05, 3.63) is 51.6 Å². The molecule has 4 rings (SSSR count). The predicted octanol–water partition coefficient (Wildman–Crippen LogP) is 1.51. The molecule has 5 N–H and O–H groups in total. The summed E-state index contributed by atoms with van der Waals surface area (Å²) in [5.41, 5.74) is 6.53. The molecule has 1 unspecified atom stereocenters. The fourth-order valence-electron chi connectivity index (χ4n) is 4.12. The van der Waals surface area contributed by atoms with E-state index >= 15 is 0 Å². The van der Waals surface area contributed by atoms with Crippen molar-refractivity contribution in [1.82, 2.24) is 0 Å². The number of benzene rings is 2. The van der Waals surface area contributed by atoms with Gasteiger partial charge in [0, 0.05) is 35.3 Å². The van der Waals surface area contributed by atoms with E-state index in [9.17, 15) is 24.6 Å². The van der Waals surface area contributed by atoms with Gasteiger partial charge in [-0.2, -0.15) is 0 Å². The number of ketones is 2. The molecule has 0 bridgehead atoms. The Bertz CT molecular complexity index is 1040. The van der Waals surface area contributed by atoms with E-state index in [1.807, 2.05) is 0 Å². The monoisotopic (exact) mass is 366 g/mol. The molecule has 0 radical (unpaired) electrons. The number of hydrogen-bond acceptors (Lipinski definition) is 6. The summed E-state index contributed by atoms with van der Waals surface area (Å²) in [5.74, 6) is -2.67. The van der Waals surface area contributed by atoms with E-state index in [0.717, 1.165) is 0 Å². The molecule has 2 aliphatic rings. The third kappa shape index (κ3) is 2.24. The number of rotatable bonds is 2. The fourth-order valence-corrected chi connectivity index (χ4v) is 4.12. The van der Waals surface area contributed by atoms with E-state index in [0.29, 0.717) is 23.2 Å². The molecule has 2 aromatic rings. The molecule has 2 aliphatic carbocycles. The van der Waals surface area contributed by atoms with Crippen molar-refractivity contribution >= 4 is 23.2 Å². The zero-order valence-corrected chi connectivity index (χ0v) is 14.6. The molecule has 0 heterocycles. The van der Waals surface area contributed by atoms with Crippen LogP contribution in [0.5, 0.6) is 11.5 Å². The Kier molecular flexibility index (Phi) is 3.69. The molecular formula is C20H18N2O5. The predicted molar refractivity (Wildman–Crippen MR) is 97.3 cm³/mol. The Labute approximate surface area is 154 Å². The van der Waals surface area contributed by atoms with Gasteiger partial charge in [-0.15, -0.1) is 0 Å². The number of hydrogen-bond donors (Lipinski definition) is 4. The fraction of sp³-hybridized carbons (Fsp3) is 0.250. The van der Waals surface area contributed by atoms with E-state index in [4.69, 9.17) is 5.73 Å². The summed E-state index contributed by atoms with van der Waals surface area (Å²) in [6, 6.07) is 4.82. The normalized spacial score (nSPS) is 17.7. The van der Waals surface area contributed by atoms with Crippen molar-refractivity contribution < 1.29 is 24.6 Å². The Hall–Kier alpha value is -3.35. The van der Waals surface area contributed by atoms with Gasteiger partial charge >= 0.3 is 0 Å². The van der Waals surface area contributed by atoms with Gasteiger partial charge in [0.1, 0.15) is 11.5 Å². The van der Waals surface area contributed by atoms with E-state index in [-0.39, 0.29) is 46.6 Å². The van der Waals surface area contributed by atoms with Gasteiger partial charge in [-0.1, -0.05) is 12.1 Å². The number of nitrogens with one attached hydrogen (secondary N) is 1. The minimum absolute atomic E-state index is 0.127. The number of anilines is 1. The summed E-state index contributed by atoms with van der Waals surface area (Å²) in [5, 5.41) is 24.5. The number of aromatic hydroxyl groups is 2. The van der Waals surface area contributed by atoms with Crippen molar-refractivity contribution in [1.29, 1.82) is 0 Å². The Morgan fingerprint density at radius 1 is 1.07 bits per heavy atom. The second-order valence-corrected chi connectivity index (χ2v) is 6.88. The molecule has 1 amide bonds. The van der Waals surface area contributed by atoms with Crippen LogP contribution in [0.1, 0.15) is 49.4 Å². The molecule has 7 nitrogen and oxygen atoms in total. The second kappa shape index (κ2) is 5.84. The lowest BCUT2D eigenvalue weighted by Gasteiger charge is -2.29. The lowest BCUT2D eigenvalue weighted by molar-refractivity contribution is -0.122. The summed E-state index contributed by atoms with van der Waals surface area (Å²) in [7, 11) is 1.64. The van der Waals surface area contributed by atoms with Crippen LogP contribution < -0.4 is 11.1 Å². The highest BCUT2D eigenvalue weighted by atomic mass is 16.3. The summed E-state index contributed by atoms with van der Waals surface area (Å²) in [4.78, 5) is 37.7. The molecule has 0 aliphatic heterocycles. The quantitative estimate of drug-likeness (QED) is 0.509. The molecule has 0 aromatic heterocycles. The number of carbonyl (C=O) groups excluding carboxylic acids is 3. The zero-order chi connectivity index (χ0) is 19.5. The maximum absolute atomic E-state index is 13.1. The Morgan fingerprint density at radius 2 is 1.74 bits per heavy atom. The number of fused-ring (bicyclic) bond motifs is 3. The Morgan fingerprint density at radius 3 is 2.41 bits per heavy atom. The summed E-state index contributed by atoms with van der Waals surface area (Å²) >= 11 is 0. The zero-order valence-electron chi connectivity index (χ0n) is 14.6. The third-order valence-corrected chi connectivity index (χ3v) is 5.51. The van der Waals surface area contributed by atoms with Crippen molar-refractivity contribution in [2.75, 3.05) is 12.4 Å². The first-order chi connectivity index (χ1) is 12.9. The van der Waals surface area contributed by atoms with Crippen LogP contribution in [-0.4, -0.2) is 34.7 Å². The van der Waals surface area contributed by atoms with Crippen LogP contribution in [0.4, 0.5) is 5.69 Å². The van der Waals surface area contributed by atoms with Crippen LogP contribution in [0.3, 0.4) is 0 Å². The van der Waals surface area contributed by atoms with Crippen molar-refractivity contribution in [2.24, 2.45) is 11.7 Å². The maximum Gasteiger partial charge on any atom is 0.220 e. The SMILES string of the molecule is CNc1cccc2c1C(=O)c1c(O)c3c(c(O)c1C2=O)CC(C(N)=O)CC3. The molecule has 2 aromatic carbocycles. The minimum Gasteiger partial charge on any atom is -0.507 e. The van der Waals surface area contributed by atoms with Gasteiger partial charge in [0.2, 0.25) is 5.91 Å². The van der Waals surface area contributed by atoms with Gasteiger partial charge in [0.15, 0.2) is 11.6 Å². The van der Waals surface area contributed by atoms with Gasteiger partial charge in [0.05, 0.1) is 16.7 Å². The van der Waals surface area contributed by atoms with Crippen LogP contribution in [0.2, 0.25) is 0 Å². The van der Waals surface area contributed by atoms with Gasteiger partial charge < -0.3 is 21.3 Å². The smallest absolute Gasteiger partial charge is 0.220 e. The highest BCUT2D eigenvalue weighted by molar-refractivity contribution is 6.32. The van der Waals surface area contributed by atoms with Crippen molar-refractivity contribution in [3.8, 4) is 11.5 Å². The molecule has 138 valence electrons. The topological polar surface area (TPSA) is 130 Å². The highest BCUT2D eigenvalue weighted by Crippen LogP contribution is 2.47. The second-order valence-electron chi connectivity index (χ2n) is 6.88. The summed E-state index contributed by atoms with van der Waals surface area (Å²) in [6.07, 6.45) is 0.828. The molecule has 7 heteroatoms. The number of nitrogens with two attached hydrogens (primary N) is 1. The van der Waals surface area contributed by atoms with Gasteiger partial charge in [-0.05, 0) is 25.3 Å². The van der Waals surface area contributed by atoms with E-state index in [2.05, 4.69) is 5.32 Å². The Balaban J connectivity index is 1.99.